The maximum atomic E-state index is 13.3. The predicted molar refractivity (Wildman–Crippen MR) is 106 cm³/mol. The fourth-order valence-electron chi connectivity index (χ4n) is 5.24. The fraction of sp³-hybridized carbons (Fsp3) is 0.611. The Labute approximate surface area is 172 Å². The van der Waals surface area contributed by atoms with Gasteiger partial charge in [-0.25, -0.2) is 12.7 Å². The summed E-state index contributed by atoms with van der Waals surface area (Å²) in [6.45, 7) is 0. The first-order chi connectivity index (χ1) is 13.3. The molecule has 3 fully saturated rings. The number of azide groups is 1. The van der Waals surface area contributed by atoms with E-state index in [0.717, 1.165) is 30.0 Å². The number of hydrogen-bond acceptors (Lipinski definition) is 5. The number of benzene rings is 1. The zero-order valence-electron chi connectivity index (χ0n) is 15.4. The summed E-state index contributed by atoms with van der Waals surface area (Å²) < 4.78 is 32.0. The minimum Gasteiger partial charge on any atom is -0.497 e. The van der Waals surface area contributed by atoms with Gasteiger partial charge in [-0.2, -0.15) is 0 Å². The van der Waals surface area contributed by atoms with E-state index in [1.54, 1.807) is 31.4 Å². The number of halogens is 1. The molecule has 5 atom stereocenters. The lowest BCUT2D eigenvalue weighted by molar-refractivity contribution is -0.128. The van der Waals surface area contributed by atoms with Crippen molar-refractivity contribution in [2.45, 2.75) is 42.6 Å². The molecule has 2 bridgehead atoms. The van der Waals surface area contributed by atoms with Crippen molar-refractivity contribution in [3.63, 3.8) is 0 Å². The summed E-state index contributed by atoms with van der Waals surface area (Å²) in [5.74, 6) is 0.620. The number of alkyl halides is 1. The first kappa shape index (κ1) is 19.5. The number of methoxy groups -OCH3 is 1. The van der Waals surface area contributed by atoms with Crippen molar-refractivity contribution in [2.75, 3.05) is 12.9 Å². The molecule has 2 aliphatic carbocycles. The molecule has 1 amide bonds. The van der Waals surface area contributed by atoms with Gasteiger partial charge in [-0.3, -0.25) is 4.79 Å². The second kappa shape index (κ2) is 6.93. The molecule has 10 heteroatoms. The summed E-state index contributed by atoms with van der Waals surface area (Å²) >= 11 is 3.34. The number of hydrogen-bond donors (Lipinski definition) is 0. The molecular weight excluding hydrogens is 448 g/mol. The smallest absolute Gasteiger partial charge is 0.250 e. The number of amides is 1. The normalized spacial score (nSPS) is 31.7. The Morgan fingerprint density at radius 3 is 2.75 bits per heavy atom. The van der Waals surface area contributed by atoms with E-state index in [2.05, 4.69) is 26.0 Å². The van der Waals surface area contributed by atoms with Crippen LogP contribution in [0.2, 0.25) is 0 Å². The van der Waals surface area contributed by atoms with Crippen LogP contribution >= 0.6 is 15.9 Å². The highest BCUT2D eigenvalue weighted by molar-refractivity contribution is 9.10. The van der Waals surface area contributed by atoms with Crippen LogP contribution < -0.4 is 4.74 Å². The van der Waals surface area contributed by atoms with Gasteiger partial charge in [0.15, 0.2) is 0 Å². The summed E-state index contributed by atoms with van der Waals surface area (Å²) in [7, 11) is -2.13. The van der Waals surface area contributed by atoms with Crippen molar-refractivity contribution >= 4 is 31.9 Å². The minimum atomic E-state index is -3.68. The molecule has 1 spiro atoms. The fourth-order valence-corrected chi connectivity index (χ4v) is 8.41. The first-order valence-corrected chi connectivity index (χ1v) is 11.7. The molecule has 150 valence electrons. The molecule has 0 radical (unpaired) electrons. The molecule has 1 heterocycles. The zero-order chi connectivity index (χ0) is 20.1. The molecule has 1 aromatic carbocycles. The molecule has 1 aliphatic heterocycles. The van der Waals surface area contributed by atoms with Gasteiger partial charge in [0.1, 0.15) is 10.6 Å². The monoisotopic (exact) mass is 468 g/mol. The van der Waals surface area contributed by atoms with E-state index >= 15 is 0 Å². The number of fused-ring (bicyclic) bond motifs is 1. The molecule has 1 aromatic rings. The van der Waals surface area contributed by atoms with Crippen LogP contribution in [-0.2, 0) is 14.8 Å². The average Bonchev–Trinajstić information content (AvgIpc) is 3.28. The van der Waals surface area contributed by atoms with Gasteiger partial charge < -0.3 is 4.74 Å². The van der Waals surface area contributed by atoms with Crippen molar-refractivity contribution in [2.24, 2.45) is 16.4 Å². The second-order valence-corrected chi connectivity index (χ2v) is 10.8. The highest BCUT2D eigenvalue weighted by atomic mass is 79.9. The van der Waals surface area contributed by atoms with Crippen LogP contribution in [0.25, 0.3) is 10.4 Å². The van der Waals surface area contributed by atoms with E-state index in [1.807, 2.05) is 0 Å². The van der Waals surface area contributed by atoms with Gasteiger partial charge in [-0.15, -0.1) is 0 Å². The summed E-state index contributed by atoms with van der Waals surface area (Å²) in [5.41, 5.74) is 9.32. The van der Waals surface area contributed by atoms with Crippen LogP contribution in [0, 0.1) is 11.3 Å². The predicted octanol–water partition coefficient (Wildman–Crippen LogP) is 3.54. The number of carbonyl (C=O) groups is 1. The van der Waals surface area contributed by atoms with Crippen molar-refractivity contribution in [1.29, 1.82) is 0 Å². The third-order valence-corrected chi connectivity index (χ3v) is 9.29. The lowest BCUT2D eigenvalue weighted by Gasteiger charge is -2.32. The van der Waals surface area contributed by atoms with Crippen molar-refractivity contribution in [1.82, 2.24) is 4.31 Å². The van der Waals surface area contributed by atoms with Crippen LogP contribution in [0.4, 0.5) is 0 Å². The molecule has 4 rings (SSSR count). The van der Waals surface area contributed by atoms with Gasteiger partial charge in [0.2, 0.25) is 10.0 Å². The van der Waals surface area contributed by atoms with E-state index in [4.69, 9.17) is 10.3 Å². The van der Waals surface area contributed by atoms with Crippen molar-refractivity contribution in [3.8, 4) is 5.75 Å². The van der Waals surface area contributed by atoms with Gasteiger partial charge in [0.05, 0.1) is 24.9 Å². The van der Waals surface area contributed by atoms with Crippen LogP contribution in [0.3, 0.4) is 0 Å². The molecule has 28 heavy (non-hydrogen) atoms. The SMILES string of the molecule is COc1ccc([C@@H](N=[N+]=[N-])[C@@H](Br)C(=O)N2C3CC4CCC3(C4)CS2(=O)=O)cc1. The lowest BCUT2D eigenvalue weighted by Crippen LogP contribution is -2.46. The Hall–Kier alpha value is -1.77. The van der Waals surface area contributed by atoms with Gasteiger partial charge in [-0.1, -0.05) is 33.2 Å². The first-order valence-electron chi connectivity index (χ1n) is 9.19. The lowest BCUT2D eigenvalue weighted by atomic mass is 9.81. The van der Waals surface area contributed by atoms with Gasteiger partial charge >= 0.3 is 0 Å². The van der Waals surface area contributed by atoms with Crippen LogP contribution in [0.15, 0.2) is 29.4 Å². The third-order valence-electron chi connectivity index (χ3n) is 6.43. The minimum absolute atomic E-state index is 0.0430. The molecule has 3 unspecified atom stereocenters. The largest absolute Gasteiger partial charge is 0.497 e. The summed E-state index contributed by atoms with van der Waals surface area (Å²) in [6, 6.07) is 5.68. The van der Waals surface area contributed by atoms with Gasteiger partial charge in [0.25, 0.3) is 5.91 Å². The summed E-state index contributed by atoms with van der Waals surface area (Å²) in [4.78, 5) is 15.2. The van der Waals surface area contributed by atoms with Gasteiger partial charge in [-0.05, 0) is 54.8 Å². The molecule has 2 saturated carbocycles. The molecule has 8 nitrogen and oxygen atoms in total. The maximum absolute atomic E-state index is 13.3. The zero-order valence-corrected chi connectivity index (χ0v) is 17.8. The molecule has 3 aliphatic rings. The molecule has 0 aromatic heterocycles. The van der Waals surface area contributed by atoms with E-state index in [1.165, 1.54) is 0 Å². The Kier molecular flexibility index (Phi) is 4.84. The third kappa shape index (κ3) is 2.98. The number of carbonyl (C=O) groups excluding carboxylic acids is 1. The highest BCUT2D eigenvalue weighted by Gasteiger charge is 2.64. The number of ether oxygens (including phenoxy) is 1. The van der Waals surface area contributed by atoms with E-state index < -0.39 is 26.8 Å². The Morgan fingerprint density at radius 1 is 1.43 bits per heavy atom. The summed E-state index contributed by atoms with van der Waals surface area (Å²) in [6.07, 6.45) is 3.51. The van der Waals surface area contributed by atoms with Crippen molar-refractivity contribution in [3.05, 3.63) is 40.3 Å². The molecular formula is C18H21BrN4O4S. The van der Waals surface area contributed by atoms with E-state index in [0.29, 0.717) is 17.2 Å². The van der Waals surface area contributed by atoms with Crippen LogP contribution in [0.1, 0.15) is 37.3 Å². The van der Waals surface area contributed by atoms with Gasteiger partial charge in [0, 0.05) is 10.3 Å². The van der Waals surface area contributed by atoms with Crippen LogP contribution in [-0.4, -0.2) is 42.4 Å². The highest BCUT2D eigenvalue weighted by Crippen LogP contribution is 2.60. The number of nitrogens with zero attached hydrogens (tertiary/aromatic N) is 4. The van der Waals surface area contributed by atoms with Crippen molar-refractivity contribution < 1.29 is 17.9 Å². The topological polar surface area (TPSA) is 112 Å². The van der Waals surface area contributed by atoms with E-state index in [-0.39, 0.29) is 17.2 Å². The van der Waals surface area contributed by atoms with E-state index in [9.17, 15) is 13.2 Å². The average molecular weight is 469 g/mol. The Bertz CT molecular complexity index is 947. The maximum Gasteiger partial charge on any atom is 0.250 e. The molecule has 1 saturated heterocycles. The number of rotatable bonds is 5. The Balaban J connectivity index is 1.64. The molecule has 0 N–H and O–H groups in total. The number of sulfonamides is 1. The van der Waals surface area contributed by atoms with Crippen LogP contribution in [0.5, 0.6) is 5.75 Å². The quantitative estimate of drug-likeness (QED) is 0.284. The second-order valence-electron chi connectivity index (χ2n) is 7.94. The standard InChI is InChI=1S/C18H21BrN4O4S/c1-27-13-4-2-12(3-5-13)16(21-22-20)15(19)17(24)23-14-8-11-6-7-18(14,9-11)10-28(23,25)26/h2-5,11,14-16H,6-10H2,1H3/t11?,14?,15-,16-,18?/m1/s1. The summed E-state index contributed by atoms with van der Waals surface area (Å²) in [5, 5.41) is 3.77. The Morgan fingerprint density at radius 2 is 2.14 bits per heavy atom.